The average Bonchev–Trinajstić information content (AvgIpc) is 3.18. The van der Waals surface area contributed by atoms with Crippen molar-refractivity contribution >= 4 is 238 Å². The standard InChI is InChI=1S/C36H30N8O16S4.4Na/c37-21-9-7-17-13-19(61(49,50)51)15-25(45)31(17)33(21)41-43-35-23(3-1-5-27(35)63(55,56)57)39-29(47)11-12-30(48)40-24-4-2-6-28(64(58,59)60)36(24)44-42-34-22(38)10-8-18-14-20(62(52,53)54)16-26(46)32(18)34;;;;/h1-10,13-16,45-46H,11-12,37-38H2,(H,39,47)(H,40,48)(H,49,50,51)(H,52,53,54)(H,55,56,57)(H,58,59,60);;;;. The van der Waals surface area contributed by atoms with Gasteiger partial charge >= 0.3 is 0 Å². The predicted octanol–water partition coefficient (Wildman–Crippen LogP) is 4.22. The summed E-state index contributed by atoms with van der Waals surface area (Å²) in [5, 5.41) is 41.2. The number of rotatable bonds is 13. The zero-order chi connectivity index (χ0) is 47.1. The Morgan fingerprint density at radius 2 is 0.794 bits per heavy atom. The number of amides is 2. The summed E-state index contributed by atoms with van der Waals surface area (Å²) in [6.45, 7) is 0. The molecule has 32 heteroatoms. The molecular weight excluding hydrogens is 1020 g/mol. The fourth-order valence-corrected chi connectivity index (χ4v) is 8.43. The zero-order valence-corrected chi connectivity index (χ0v) is 47.1. The van der Waals surface area contributed by atoms with Crippen LogP contribution in [0.3, 0.4) is 0 Å². The molecule has 0 aromatic heterocycles. The number of nitrogens with one attached hydrogen (secondary N) is 2. The Morgan fingerprint density at radius 1 is 0.471 bits per heavy atom. The van der Waals surface area contributed by atoms with Crippen LogP contribution in [0.15, 0.2) is 125 Å². The van der Waals surface area contributed by atoms with Gasteiger partial charge in [0.15, 0.2) is 0 Å². The minimum absolute atomic E-state index is 0. The Bertz CT molecular complexity index is 3280. The molecule has 0 aliphatic heterocycles. The van der Waals surface area contributed by atoms with Crippen LogP contribution in [0.1, 0.15) is 12.8 Å². The number of nitrogens with zero attached hydrogens (tertiary/aromatic N) is 4. The fourth-order valence-electron chi connectivity index (χ4n) is 6.06. The van der Waals surface area contributed by atoms with Gasteiger partial charge in [-0.15, -0.1) is 20.5 Å². The maximum absolute atomic E-state index is 13.2. The largest absolute Gasteiger partial charge is 0.507 e. The SMILES string of the molecule is Nc1ccc2cc(S(=O)(=O)O)cc(O)c2c1N=Nc1c(NC(=O)CCC(=O)Nc2cccc(S(=O)(=O)O)c2N=Nc2c(N)ccc3cc(S(=O)(=O)O)cc(O)c23)cccc1S(=O)(=O)O.[Na].[Na].[Na].[Na]. The first kappa shape index (κ1) is 60.9. The molecule has 0 bridgehead atoms. The molecule has 0 unspecified atom stereocenters. The molecule has 338 valence electrons. The van der Waals surface area contributed by atoms with Gasteiger partial charge in [-0.3, -0.25) is 27.8 Å². The molecule has 12 N–H and O–H groups in total. The summed E-state index contributed by atoms with van der Waals surface area (Å²) in [7, 11) is -19.7. The van der Waals surface area contributed by atoms with Crippen LogP contribution < -0.4 is 22.1 Å². The first-order valence-corrected chi connectivity index (χ1v) is 23.2. The van der Waals surface area contributed by atoms with E-state index in [0.717, 1.165) is 48.5 Å². The molecule has 0 saturated heterocycles. The number of nitrogens with two attached hydrogens (primary N) is 2. The minimum atomic E-state index is -5.07. The first-order valence-electron chi connectivity index (χ1n) is 17.4. The molecule has 0 saturated carbocycles. The molecule has 68 heavy (non-hydrogen) atoms. The number of azo groups is 2. The number of hydrogen-bond acceptors (Lipinski definition) is 18. The average molecular weight is 1050 g/mol. The van der Waals surface area contributed by atoms with E-state index in [2.05, 4.69) is 31.1 Å². The Kier molecular flexibility index (Phi) is 21.3. The molecule has 2 amide bonds. The predicted molar refractivity (Wildman–Crippen MR) is 250 cm³/mol. The molecule has 0 atom stereocenters. The van der Waals surface area contributed by atoms with E-state index in [-0.39, 0.29) is 174 Å². The van der Waals surface area contributed by atoms with Crippen LogP contribution in [0, 0.1) is 0 Å². The van der Waals surface area contributed by atoms with Crippen LogP contribution in [-0.4, -0.2) is 192 Å². The molecule has 0 aliphatic carbocycles. The molecule has 6 aromatic rings. The number of carbonyl (C=O) groups is 2. The summed E-state index contributed by atoms with van der Waals surface area (Å²) in [4.78, 5) is 23.3. The van der Waals surface area contributed by atoms with E-state index >= 15 is 0 Å². The van der Waals surface area contributed by atoms with E-state index < -0.39 is 108 Å². The molecule has 0 fully saturated rings. The fraction of sp³-hybridized carbons (Fsp3) is 0.0556. The third kappa shape index (κ3) is 14.2. The molecule has 0 aliphatic rings. The van der Waals surface area contributed by atoms with Crippen LogP contribution >= 0.6 is 0 Å². The summed E-state index contributed by atoms with van der Waals surface area (Å²) in [5.41, 5.74) is 9.04. The van der Waals surface area contributed by atoms with Gasteiger partial charge in [0.2, 0.25) is 11.8 Å². The van der Waals surface area contributed by atoms with E-state index in [1.165, 1.54) is 24.3 Å². The summed E-state index contributed by atoms with van der Waals surface area (Å²) in [6.07, 6.45) is -1.30. The summed E-state index contributed by atoms with van der Waals surface area (Å²) < 4.78 is 135. The molecule has 0 spiro atoms. The number of fused-ring (bicyclic) bond motifs is 2. The maximum atomic E-state index is 13.2. The van der Waals surface area contributed by atoms with Gasteiger partial charge in [0.1, 0.15) is 44.0 Å². The molecule has 4 radical (unpaired) electrons. The van der Waals surface area contributed by atoms with Gasteiger partial charge in [-0.2, -0.15) is 33.7 Å². The number of phenolic OH excluding ortho intramolecular Hbond substituents is 2. The summed E-state index contributed by atoms with van der Waals surface area (Å²) in [6, 6.07) is 14.7. The van der Waals surface area contributed by atoms with E-state index in [4.69, 9.17) is 11.5 Å². The van der Waals surface area contributed by atoms with E-state index in [1.54, 1.807) is 0 Å². The van der Waals surface area contributed by atoms with Crippen LogP contribution in [0.25, 0.3) is 21.5 Å². The number of aromatic hydroxyl groups is 2. The van der Waals surface area contributed by atoms with E-state index in [9.17, 15) is 71.7 Å². The van der Waals surface area contributed by atoms with Gasteiger partial charge in [0.25, 0.3) is 40.5 Å². The van der Waals surface area contributed by atoms with Gasteiger partial charge in [0, 0.05) is 143 Å². The van der Waals surface area contributed by atoms with E-state index in [0.29, 0.717) is 12.1 Å². The number of hydrogen-bond donors (Lipinski definition) is 10. The quantitative estimate of drug-likeness (QED) is 0.0335. The summed E-state index contributed by atoms with van der Waals surface area (Å²) in [5.74, 6) is -3.35. The molecule has 0 heterocycles. The van der Waals surface area contributed by atoms with Crippen LogP contribution in [0.5, 0.6) is 11.5 Å². The Balaban J connectivity index is 0.00000397. The van der Waals surface area contributed by atoms with Crippen molar-refractivity contribution in [3.8, 4) is 11.5 Å². The Labute approximate surface area is 474 Å². The van der Waals surface area contributed by atoms with Crippen molar-refractivity contribution in [3.63, 3.8) is 0 Å². The molecule has 6 rings (SSSR count). The van der Waals surface area contributed by atoms with Gasteiger partial charge in [-0.25, -0.2) is 0 Å². The first-order chi connectivity index (χ1) is 29.7. The van der Waals surface area contributed by atoms with Crippen molar-refractivity contribution in [1.29, 1.82) is 0 Å². The van der Waals surface area contributed by atoms with Crippen molar-refractivity contribution in [3.05, 3.63) is 84.9 Å². The monoisotopic (exact) mass is 1050 g/mol. The van der Waals surface area contributed by atoms with Crippen molar-refractivity contribution in [2.45, 2.75) is 32.4 Å². The van der Waals surface area contributed by atoms with Gasteiger partial charge in [0.05, 0.1) is 43.3 Å². The second kappa shape index (κ2) is 23.8. The van der Waals surface area contributed by atoms with Gasteiger partial charge < -0.3 is 32.3 Å². The van der Waals surface area contributed by atoms with Crippen molar-refractivity contribution in [1.82, 2.24) is 0 Å². The Morgan fingerprint density at radius 3 is 1.10 bits per heavy atom. The number of benzene rings is 6. The maximum Gasteiger partial charge on any atom is 0.296 e. The molecule has 6 aromatic carbocycles. The molecule has 24 nitrogen and oxygen atoms in total. The van der Waals surface area contributed by atoms with Crippen LogP contribution in [-0.2, 0) is 50.1 Å². The second-order valence-corrected chi connectivity index (χ2v) is 18.9. The van der Waals surface area contributed by atoms with Crippen molar-refractivity contribution in [2.75, 3.05) is 22.1 Å². The van der Waals surface area contributed by atoms with Crippen LogP contribution in [0.2, 0.25) is 0 Å². The zero-order valence-electron chi connectivity index (χ0n) is 35.8. The van der Waals surface area contributed by atoms with E-state index in [1.807, 2.05) is 0 Å². The normalized spacial score (nSPS) is 11.9. The van der Waals surface area contributed by atoms with Gasteiger partial charge in [-0.05, 0) is 59.3 Å². The number of anilines is 4. The smallest absolute Gasteiger partial charge is 0.296 e. The third-order valence-corrected chi connectivity index (χ3v) is 12.4. The number of nitrogen functional groups attached to an aromatic ring is 2. The van der Waals surface area contributed by atoms with Crippen LogP contribution in [0.4, 0.5) is 45.5 Å². The van der Waals surface area contributed by atoms with Gasteiger partial charge in [-0.1, -0.05) is 24.3 Å². The Hall–Kier alpha value is -3.18. The summed E-state index contributed by atoms with van der Waals surface area (Å²) >= 11 is 0. The molecular formula is C36H30N8Na4O16S4. The number of phenols is 2. The second-order valence-electron chi connectivity index (χ2n) is 13.3. The van der Waals surface area contributed by atoms with Crippen molar-refractivity contribution in [2.24, 2.45) is 20.5 Å². The topological polar surface area (TPSA) is 418 Å². The third-order valence-electron chi connectivity index (χ3n) is 8.93. The number of carbonyl (C=O) groups excluding carboxylic acids is 2. The minimum Gasteiger partial charge on any atom is -0.507 e. The van der Waals surface area contributed by atoms with Crippen molar-refractivity contribution < 1.29 is 71.7 Å².